The van der Waals surface area contributed by atoms with E-state index in [-0.39, 0.29) is 17.7 Å². The second-order valence-corrected chi connectivity index (χ2v) is 3.68. The maximum atomic E-state index is 13.4. The van der Waals surface area contributed by atoms with Crippen LogP contribution in [-0.4, -0.2) is 28.9 Å². The Morgan fingerprint density at radius 3 is 2.69 bits per heavy atom. The summed E-state index contributed by atoms with van der Waals surface area (Å²) in [5.74, 6) is -1.78. The summed E-state index contributed by atoms with van der Waals surface area (Å²) in [7, 11) is 1.35. The van der Waals surface area contributed by atoms with Crippen molar-refractivity contribution in [3.05, 3.63) is 29.6 Å². The average molecular weight is 228 g/mol. The molecule has 0 spiro atoms. The smallest absolute Gasteiger partial charge is 0.335 e. The number of carboxylic acid groups (broad SMARTS) is 1. The quantitative estimate of drug-likeness (QED) is 0.813. The van der Waals surface area contributed by atoms with Crippen molar-refractivity contribution in [3.63, 3.8) is 0 Å². The van der Waals surface area contributed by atoms with Crippen LogP contribution in [0.5, 0.6) is 5.75 Å². The average Bonchev–Trinajstić information content (AvgIpc) is 2.20. The molecule has 0 aromatic heterocycles. The molecule has 0 heterocycles. The van der Waals surface area contributed by atoms with Crippen LogP contribution in [0.1, 0.15) is 12.5 Å². The van der Waals surface area contributed by atoms with Crippen molar-refractivity contribution in [3.8, 4) is 5.75 Å². The number of benzene rings is 1. The molecule has 5 heteroatoms. The van der Waals surface area contributed by atoms with Crippen LogP contribution in [-0.2, 0) is 11.2 Å². The largest absolute Gasteiger partial charge is 0.496 e. The molecule has 0 fully saturated rings. The Morgan fingerprint density at radius 1 is 1.56 bits per heavy atom. The number of carboxylic acids is 1. The van der Waals surface area contributed by atoms with Crippen LogP contribution in [0.3, 0.4) is 0 Å². The van der Waals surface area contributed by atoms with Gasteiger partial charge in [0.1, 0.15) is 11.6 Å². The molecule has 0 aliphatic heterocycles. The van der Waals surface area contributed by atoms with Gasteiger partial charge >= 0.3 is 5.97 Å². The van der Waals surface area contributed by atoms with Gasteiger partial charge < -0.3 is 14.9 Å². The summed E-state index contributed by atoms with van der Waals surface area (Å²) in [4.78, 5) is 10.7. The van der Waals surface area contributed by atoms with Gasteiger partial charge in [0.25, 0.3) is 0 Å². The van der Waals surface area contributed by atoms with Crippen molar-refractivity contribution in [2.24, 2.45) is 0 Å². The molecule has 1 unspecified atom stereocenters. The number of methoxy groups -OCH3 is 1. The number of carbonyl (C=O) groups is 1. The second kappa shape index (κ2) is 4.49. The predicted octanol–water partition coefficient (Wildman–Crippen LogP) is 1.21. The number of rotatable bonds is 4. The number of halogens is 1. The number of hydrogen-bond donors (Lipinski definition) is 2. The summed E-state index contributed by atoms with van der Waals surface area (Å²) >= 11 is 0. The van der Waals surface area contributed by atoms with Crippen LogP contribution in [0, 0.1) is 5.82 Å². The SMILES string of the molecule is COc1cccc(F)c1CC(C)(O)C(=O)O. The van der Waals surface area contributed by atoms with E-state index in [9.17, 15) is 14.3 Å². The van der Waals surface area contributed by atoms with Crippen LogP contribution in [0.4, 0.5) is 4.39 Å². The highest BCUT2D eigenvalue weighted by atomic mass is 19.1. The molecule has 0 aliphatic rings. The molecule has 0 saturated heterocycles. The van der Waals surface area contributed by atoms with Gasteiger partial charge in [0.2, 0.25) is 0 Å². The molecule has 88 valence electrons. The predicted molar refractivity (Wildman–Crippen MR) is 54.9 cm³/mol. The lowest BCUT2D eigenvalue weighted by Crippen LogP contribution is -2.37. The van der Waals surface area contributed by atoms with Crippen LogP contribution in [0.25, 0.3) is 0 Å². The third-order valence-electron chi connectivity index (χ3n) is 2.28. The van der Waals surface area contributed by atoms with Crippen molar-refractivity contribution in [1.29, 1.82) is 0 Å². The van der Waals surface area contributed by atoms with Gasteiger partial charge in [0, 0.05) is 12.0 Å². The van der Waals surface area contributed by atoms with Gasteiger partial charge in [-0.2, -0.15) is 0 Å². The van der Waals surface area contributed by atoms with E-state index in [1.165, 1.54) is 25.3 Å². The van der Waals surface area contributed by atoms with E-state index >= 15 is 0 Å². The van der Waals surface area contributed by atoms with Crippen molar-refractivity contribution in [1.82, 2.24) is 0 Å². The van der Waals surface area contributed by atoms with Crippen LogP contribution < -0.4 is 4.74 Å². The first-order chi connectivity index (χ1) is 7.38. The molecular formula is C11H13FO4. The first-order valence-electron chi connectivity index (χ1n) is 4.65. The Morgan fingerprint density at radius 2 is 2.19 bits per heavy atom. The molecule has 1 aromatic carbocycles. The fraction of sp³-hybridized carbons (Fsp3) is 0.364. The van der Waals surface area contributed by atoms with Crippen LogP contribution >= 0.6 is 0 Å². The lowest BCUT2D eigenvalue weighted by Gasteiger charge is -2.19. The van der Waals surface area contributed by atoms with Gasteiger partial charge in [-0.3, -0.25) is 0 Å². The highest BCUT2D eigenvalue weighted by Crippen LogP contribution is 2.25. The van der Waals surface area contributed by atoms with Crippen LogP contribution in [0.15, 0.2) is 18.2 Å². The standard InChI is InChI=1S/C11H13FO4/c1-11(15,10(13)14)6-7-8(12)4-3-5-9(7)16-2/h3-5,15H,6H2,1-2H3,(H,13,14). The molecule has 16 heavy (non-hydrogen) atoms. The van der Waals surface area contributed by atoms with Gasteiger partial charge in [-0.05, 0) is 19.1 Å². The van der Waals surface area contributed by atoms with E-state index in [0.29, 0.717) is 0 Å². The fourth-order valence-corrected chi connectivity index (χ4v) is 1.32. The Bertz CT molecular complexity index is 401. The zero-order valence-electron chi connectivity index (χ0n) is 9.03. The van der Waals surface area contributed by atoms with Crippen molar-refractivity contribution in [2.45, 2.75) is 18.9 Å². The van der Waals surface area contributed by atoms with E-state index in [4.69, 9.17) is 9.84 Å². The Kier molecular flexibility index (Phi) is 3.49. The maximum Gasteiger partial charge on any atom is 0.335 e. The van der Waals surface area contributed by atoms with Gasteiger partial charge in [-0.25, -0.2) is 9.18 Å². The van der Waals surface area contributed by atoms with Gasteiger partial charge in [-0.1, -0.05) is 6.07 Å². The molecular weight excluding hydrogens is 215 g/mol. The summed E-state index contributed by atoms with van der Waals surface area (Å²) in [6.45, 7) is 1.11. The van der Waals surface area contributed by atoms with E-state index in [1.54, 1.807) is 0 Å². The molecule has 0 aliphatic carbocycles. The molecule has 0 amide bonds. The minimum Gasteiger partial charge on any atom is -0.496 e. The lowest BCUT2D eigenvalue weighted by atomic mass is 9.96. The number of aliphatic carboxylic acids is 1. The maximum absolute atomic E-state index is 13.4. The van der Waals surface area contributed by atoms with E-state index in [0.717, 1.165) is 6.92 Å². The first-order valence-corrected chi connectivity index (χ1v) is 4.65. The zero-order valence-corrected chi connectivity index (χ0v) is 9.03. The Labute approximate surface area is 92.3 Å². The van der Waals surface area contributed by atoms with E-state index in [1.807, 2.05) is 0 Å². The first kappa shape index (κ1) is 12.4. The van der Waals surface area contributed by atoms with Crippen LogP contribution in [0.2, 0.25) is 0 Å². The van der Waals surface area contributed by atoms with Crippen molar-refractivity contribution >= 4 is 5.97 Å². The van der Waals surface area contributed by atoms with Crippen molar-refractivity contribution < 1.29 is 24.1 Å². The minimum absolute atomic E-state index is 0.0531. The summed E-state index contributed by atoms with van der Waals surface area (Å²) < 4.78 is 18.4. The normalized spacial score (nSPS) is 14.2. The zero-order chi connectivity index (χ0) is 12.3. The molecule has 0 bridgehead atoms. The molecule has 0 saturated carbocycles. The van der Waals surface area contributed by atoms with Crippen molar-refractivity contribution in [2.75, 3.05) is 7.11 Å². The topological polar surface area (TPSA) is 66.8 Å². The van der Waals surface area contributed by atoms with Gasteiger partial charge in [0.05, 0.1) is 7.11 Å². The molecule has 2 N–H and O–H groups in total. The minimum atomic E-state index is -2.02. The highest BCUT2D eigenvalue weighted by molar-refractivity contribution is 5.77. The third-order valence-corrected chi connectivity index (χ3v) is 2.28. The Balaban J connectivity index is 3.09. The summed E-state index contributed by atoms with van der Waals surface area (Å²) in [5, 5.41) is 18.3. The summed E-state index contributed by atoms with van der Waals surface area (Å²) in [5.41, 5.74) is -1.97. The summed E-state index contributed by atoms with van der Waals surface area (Å²) in [6, 6.07) is 4.15. The number of hydrogen-bond acceptors (Lipinski definition) is 3. The highest BCUT2D eigenvalue weighted by Gasteiger charge is 2.32. The number of ether oxygens (including phenoxy) is 1. The third kappa shape index (κ3) is 2.49. The number of aliphatic hydroxyl groups is 1. The molecule has 1 atom stereocenters. The van der Waals surface area contributed by atoms with Gasteiger partial charge in [-0.15, -0.1) is 0 Å². The lowest BCUT2D eigenvalue weighted by molar-refractivity contribution is -0.156. The van der Waals surface area contributed by atoms with Gasteiger partial charge in [0.15, 0.2) is 5.60 Å². The summed E-state index contributed by atoms with van der Waals surface area (Å²) in [6.07, 6.45) is -0.349. The van der Waals surface area contributed by atoms with E-state index < -0.39 is 17.4 Å². The molecule has 0 radical (unpaired) electrons. The van der Waals surface area contributed by atoms with E-state index in [2.05, 4.69) is 0 Å². The Hall–Kier alpha value is -1.62. The molecule has 4 nitrogen and oxygen atoms in total. The monoisotopic (exact) mass is 228 g/mol. The fourth-order valence-electron chi connectivity index (χ4n) is 1.32. The second-order valence-electron chi connectivity index (χ2n) is 3.68. The molecule has 1 rings (SSSR count). The molecule has 1 aromatic rings.